The summed E-state index contributed by atoms with van der Waals surface area (Å²) in [6.45, 7) is 13.3. The number of ether oxygens (including phenoxy) is 2. The fourth-order valence-corrected chi connectivity index (χ4v) is 5.02. The van der Waals surface area contributed by atoms with Crippen LogP contribution in [0.1, 0.15) is 45.9 Å². The quantitative estimate of drug-likeness (QED) is 0.352. The molecule has 0 saturated carbocycles. The van der Waals surface area contributed by atoms with Crippen LogP contribution in [0.5, 0.6) is 11.5 Å². The standard InChI is InChI=1S/C30H32N2O3S/c1-7-34-27-15-23(11-12-26(27)35-17-24-20(4)13-18(2)14-21(24)5)16-28-29(33)32-30(36-28)31-25-10-8-9-19(3)22(25)6/h8-16H,7,17H2,1-6H3,(H,31,32,33)/b28-16-. The third-order valence-electron chi connectivity index (χ3n) is 6.23. The molecule has 1 aliphatic rings. The highest BCUT2D eigenvalue weighted by molar-refractivity contribution is 8.18. The van der Waals surface area contributed by atoms with E-state index in [0.717, 1.165) is 16.8 Å². The zero-order valence-electron chi connectivity index (χ0n) is 21.7. The summed E-state index contributed by atoms with van der Waals surface area (Å²) in [4.78, 5) is 17.9. The van der Waals surface area contributed by atoms with Crippen molar-refractivity contribution in [3.05, 3.63) is 92.4 Å². The minimum Gasteiger partial charge on any atom is -0.490 e. The topological polar surface area (TPSA) is 59.9 Å². The normalized spacial score (nSPS) is 15.4. The van der Waals surface area contributed by atoms with Crippen molar-refractivity contribution in [1.29, 1.82) is 0 Å². The van der Waals surface area contributed by atoms with Crippen molar-refractivity contribution in [2.45, 2.75) is 48.1 Å². The second-order valence-electron chi connectivity index (χ2n) is 9.01. The Morgan fingerprint density at radius 1 is 0.917 bits per heavy atom. The molecule has 36 heavy (non-hydrogen) atoms. The molecule has 1 saturated heterocycles. The molecule has 0 aromatic heterocycles. The second-order valence-corrected chi connectivity index (χ2v) is 10.0. The lowest BCUT2D eigenvalue weighted by molar-refractivity contribution is -0.115. The summed E-state index contributed by atoms with van der Waals surface area (Å²) < 4.78 is 12.1. The van der Waals surface area contributed by atoms with Gasteiger partial charge in [-0.2, -0.15) is 0 Å². The molecule has 4 rings (SSSR count). The smallest absolute Gasteiger partial charge is 0.264 e. The van der Waals surface area contributed by atoms with Crippen LogP contribution < -0.4 is 14.8 Å². The highest BCUT2D eigenvalue weighted by Gasteiger charge is 2.24. The van der Waals surface area contributed by atoms with E-state index in [0.29, 0.717) is 34.8 Å². The van der Waals surface area contributed by atoms with Crippen LogP contribution in [-0.4, -0.2) is 17.7 Å². The van der Waals surface area contributed by atoms with E-state index in [1.54, 1.807) is 0 Å². The molecule has 5 nitrogen and oxygen atoms in total. The fraction of sp³-hybridized carbons (Fsp3) is 0.267. The molecule has 0 aliphatic carbocycles. The van der Waals surface area contributed by atoms with Gasteiger partial charge in [0.1, 0.15) is 6.61 Å². The number of carbonyl (C=O) groups excluding carboxylic acids is 1. The van der Waals surface area contributed by atoms with Crippen LogP contribution >= 0.6 is 11.8 Å². The Morgan fingerprint density at radius 3 is 2.39 bits per heavy atom. The van der Waals surface area contributed by atoms with Crippen LogP contribution in [0.15, 0.2) is 58.4 Å². The molecule has 0 spiro atoms. The molecule has 1 amide bonds. The van der Waals surface area contributed by atoms with Crippen LogP contribution in [0.25, 0.3) is 6.08 Å². The van der Waals surface area contributed by atoms with Crippen LogP contribution in [0.4, 0.5) is 5.69 Å². The molecule has 1 heterocycles. The maximum absolute atomic E-state index is 12.6. The average Bonchev–Trinajstić information content (AvgIpc) is 3.16. The number of aliphatic imine (C=N–C) groups is 1. The van der Waals surface area contributed by atoms with Gasteiger partial charge in [-0.3, -0.25) is 4.79 Å². The van der Waals surface area contributed by atoms with Gasteiger partial charge in [-0.05, 0) is 111 Å². The molecule has 1 N–H and O–H groups in total. The second kappa shape index (κ2) is 11.0. The number of carbonyl (C=O) groups is 1. The van der Waals surface area contributed by atoms with Gasteiger partial charge in [0.05, 0.1) is 17.2 Å². The first-order valence-electron chi connectivity index (χ1n) is 12.1. The summed E-state index contributed by atoms with van der Waals surface area (Å²) in [5.74, 6) is 1.17. The number of amidine groups is 1. The van der Waals surface area contributed by atoms with Gasteiger partial charge >= 0.3 is 0 Å². The van der Waals surface area contributed by atoms with Crippen molar-refractivity contribution in [1.82, 2.24) is 5.32 Å². The van der Waals surface area contributed by atoms with Gasteiger partial charge in [-0.1, -0.05) is 35.9 Å². The summed E-state index contributed by atoms with van der Waals surface area (Å²) in [5, 5.41) is 3.45. The first kappa shape index (κ1) is 25.6. The summed E-state index contributed by atoms with van der Waals surface area (Å²) in [6, 6.07) is 16.1. The van der Waals surface area contributed by atoms with Gasteiger partial charge in [0.25, 0.3) is 5.91 Å². The van der Waals surface area contributed by atoms with Gasteiger partial charge in [-0.25, -0.2) is 4.99 Å². The summed E-state index contributed by atoms with van der Waals surface area (Å²) >= 11 is 1.34. The fourth-order valence-electron chi connectivity index (χ4n) is 4.19. The van der Waals surface area contributed by atoms with Crippen LogP contribution in [0.2, 0.25) is 0 Å². The monoisotopic (exact) mass is 500 g/mol. The van der Waals surface area contributed by atoms with Crippen molar-refractivity contribution in [2.75, 3.05) is 6.61 Å². The van der Waals surface area contributed by atoms with Gasteiger partial charge < -0.3 is 14.8 Å². The lowest BCUT2D eigenvalue weighted by Gasteiger charge is -2.15. The molecule has 0 radical (unpaired) electrons. The Balaban J connectivity index is 1.54. The Morgan fingerprint density at radius 2 is 1.67 bits per heavy atom. The van der Waals surface area contributed by atoms with Crippen molar-refractivity contribution < 1.29 is 14.3 Å². The van der Waals surface area contributed by atoms with E-state index in [9.17, 15) is 4.79 Å². The molecular formula is C30H32N2O3S. The zero-order valence-corrected chi connectivity index (χ0v) is 22.5. The van der Waals surface area contributed by atoms with E-state index >= 15 is 0 Å². The first-order valence-corrected chi connectivity index (χ1v) is 12.9. The third kappa shape index (κ3) is 5.82. The summed E-state index contributed by atoms with van der Waals surface area (Å²) in [5.41, 5.74) is 8.85. The van der Waals surface area contributed by atoms with Crippen molar-refractivity contribution in [2.24, 2.45) is 4.99 Å². The highest BCUT2D eigenvalue weighted by Crippen LogP contribution is 2.34. The average molecular weight is 501 g/mol. The van der Waals surface area contributed by atoms with E-state index in [1.165, 1.54) is 39.6 Å². The number of rotatable bonds is 7. The number of amides is 1. The number of hydrogen-bond donors (Lipinski definition) is 1. The molecule has 186 valence electrons. The minimum absolute atomic E-state index is 0.160. The molecule has 6 heteroatoms. The number of hydrogen-bond acceptors (Lipinski definition) is 5. The number of nitrogens with one attached hydrogen (secondary N) is 1. The Hall–Kier alpha value is -3.51. The van der Waals surface area contributed by atoms with E-state index in [4.69, 9.17) is 9.47 Å². The highest BCUT2D eigenvalue weighted by atomic mass is 32.2. The van der Waals surface area contributed by atoms with Gasteiger partial charge in [-0.15, -0.1) is 0 Å². The number of nitrogens with zero attached hydrogens (tertiary/aromatic N) is 1. The molecule has 3 aromatic carbocycles. The lowest BCUT2D eigenvalue weighted by Crippen LogP contribution is -2.19. The maximum Gasteiger partial charge on any atom is 0.264 e. The summed E-state index contributed by atoms with van der Waals surface area (Å²) in [6.07, 6.45) is 1.85. The third-order valence-corrected chi connectivity index (χ3v) is 7.14. The van der Waals surface area contributed by atoms with E-state index < -0.39 is 0 Å². The SMILES string of the molecule is CCOc1cc(/C=C2\SC(=Nc3cccc(C)c3C)NC2=O)ccc1OCc1c(C)cc(C)cc1C. The largest absolute Gasteiger partial charge is 0.490 e. The predicted molar refractivity (Wildman–Crippen MR) is 149 cm³/mol. The number of aryl methyl sites for hydroxylation is 4. The lowest BCUT2D eigenvalue weighted by atomic mass is 10.0. The number of thioether (sulfide) groups is 1. The Kier molecular flexibility index (Phi) is 7.85. The van der Waals surface area contributed by atoms with Crippen molar-refractivity contribution in [3.8, 4) is 11.5 Å². The number of benzene rings is 3. The van der Waals surface area contributed by atoms with Crippen molar-refractivity contribution >= 4 is 34.6 Å². The van der Waals surface area contributed by atoms with Crippen LogP contribution in [0.3, 0.4) is 0 Å². The first-order chi connectivity index (χ1) is 17.2. The predicted octanol–water partition coefficient (Wildman–Crippen LogP) is 7.10. The molecule has 1 fully saturated rings. The molecular weight excluding hydrogens is 468 g/mol. The molecule has 0 atom stereocenters. The molecule has 3 aromatic rings. The van der Waals surface area contributed by atoms with Gasteiger partial charge in [0, 0.05) is 0 Å². The molecule has 0 bridgehead atoms. The molecule has 0 unspecified atom stereocenters. The van der Waals surface area contributed by atoms with E-state index in [-0.39, 0.29) is 5.91 Å². The van der Waals surface area contributed by atoms with Crippen LogP contribution in [0, 0.1) is 34.6 Å². The Bertz CT molecular complexity index is 1350. The van der Waals surface area contributed by atoms with Crippen molar-refractivity contribution in [3.63, 3.8) is 0 Å². The zero-order chi connectivity index (χ0) is 25.8. The van der Waals surface area contributed by atoms with E-state index in [1.807, 2.05) is 50.3 Å². The summed E-state index contributed by atoms with van der Waals surface area (Å²) in [7, 11) is 0. The van der Waals surface area contributed by atoms with Gasteiger partial charge in [0.15, 0.2) is 16.7 Å². The Labute approximate surface area is 217 Å². The molecule has 1 aliphatic heterocycles. The maximum atomic E-state index is 12.6. The minimum atomic E-state index is -0.160. The van der Waals surface area contributed by atoms with E-state index in [2.05, 4.69) is 56.2 Å². The van der Waals surface area contributed by atoms with Gasteiger partial charge in [0.2, 0.25) is 0 Å². The van der Waals surface area contributed by atoms with Crippen LogP contribution in [-0.2, 0) is 11.4 Å².